The molecule has 2 unspecified atom stereocenters. The molecule has 4 rings (SSSR count). The first kappa shape index (κ1) is 11.9. The zero-order valence-electron chi connectivity index (χ0n) is 10.9. The second kappa shape index (κ2) is 4.58. The average Bonchev–Trinajstić information content (AvgIpc) is 2.85. The SMILES string of the molecule is O=C1CNC(c2cccs2)N1C1CCN(C2CC2)C1. The van der Waals surface area contributed by atoms with Gasteiger partial charge in [0.25, 0.3) is 0 Å². The second-order valence-corrected chi connectivity index (χ2v) is 6.75. The van der Waals surface area contributed by atoms with E-state index >= 15 is 0 Å². The Bertz CT molecular complexity index is 471. The molecule has 2 saturated heterocycles. The quantitative estimate of drug-likeness (QED) is 0.907. The molecule has 0 aromatic carbocycles. The summed E-state index contributed by atoms with van der Waals surface area (Å²) in [7, 11) is 0. The predicted octanol–water partition coefficient (Wildman–Crippen LogP) is 1.42. The van der Waals surface area contributed by atoms with Gasteiger partial charge in [-0.3, -0.25) is 15.0 Å². The maximum Gasteiger partial charge on any atom is 0.238 e. The molecule has 3 aliphatic rings. The number of nitrogens with one attached hydrogen (secondary N) is 1. The van der Waals surface area contributed by atoms with Crippen LogP contribution in [-0.4, -0.2) is 47.4 Å². The lowest BCUT2D eigenvalue weighted by atomic mass is 10.2. The van der Waals surface area contributed by atoms with Gasteiger partial charge in [-0.25, -0.2) is 0 Å². The molecule has 19 heavy (non-hydrogen) atoms. The van der Waals surface area contributed by atoms with Crippen molar-refractivity contribution in [3.8, 4) is 0 Å². The highest BCUT2D eigenvalue weighted by Gasteiger charge is 2.42. The summed E-state index contributed by atoms with van der Waals surface area (Å²) >= 11 is 1.73. The van der Waals surface area contributed by atoms with Gasteiger partial charge in [0, 0.05) is 30.1 Å². The number of hydrogen-bond acceptors (Lipinski definition) is 4. The zero-order chi connectivity index (χ0) is 12.8. The van der Waals surface area contributed by atoms with E-state index in [-0.39, 0.29) is 12.1 Å². The Morgan fingerprint density at radius 1 is 1.26 bits per heavy atom. The van der Waals surface area contributed by atoms with Crippen LogP contribution in [0.5, 0.6) is 0 Å². The van der Waals surface area contributed by atoms with Crippen molar-refractivity contribution < 1.29 is 4.79 Å². The van der Waals surface area contributed by atoms with Gasteiger partial charge >= 0.3 is 0 Å². The highest BCUT2D eigenvalue weighted by molar-refractivity contribution is 7.10. The number of amides is 1. The van der Waals surface area contributed by atoms with Crippen LogP contribution < -0.4 is 5.32 Å². The average molecular weight is 277 g/mol. The summed E-state index contributed by atoms with van der Waals surface area (Å²) in [5.41, 5.74) is 0. The smallest absolute Gasteiger partial charge is 0.238 e. The Kier molecular flexibility index (Phi) is 2.86. The first-order valence-corrected chi connectivity index (χ1v) is 8.03. The third kappa shape index (κ3) is 2.10. The molecule has 4 nitrogen and oxygen atoms in total. The first-order chi connectivity index (χ1) is 9.33. The molecule has 1 saturated carbocycles. The fourth-order valence-electron chi connectivity index (χ4n) is 3.38. The minimum atomic E-state index is 0.108. The van der Waals surface area contributed by atoms with Gasteiger partial charge in [0.15, 0.2) is 0 Å². The van der Waals surface area contributed by atoms with E-state index in [4.69, 9.17) is 0 Å². The Balaban J connectivity index is 1.52. The Morgan fingerprint density at radius 2 is 2.16 bits per heavy atom. The Labute approximate surface area is 117 Å². The van der Waals surface area contributed by atoms with E-state index in [1.807, 2.05) is 0 Å². The molecule has 0 radical (unpaired) electrons. The van der Waals surface area contributed by atoms with Gasteiger partial charge in [0.1, 0.15) is 6.17 Å². The van der Waals surface area contributed by atoms with Crippen LogP contribution in [0.4, 0.5) is 0 Å². The molecular weight excluding hydrogens is 258 g/mol. The van der Waals surface area contributed by atoms with Gasteiger partial charge in [-0.2, -0.15) is 0 Å². The van der Waals surface area contributed by atoms with Gasteiger partial charge in [0.2, 0.25) is 5.91 Å². The summed E-state index contributed by atoms with van der Waals surface area (Å²) in [6.45, 7) is 2.72. The van der Waals surface area contributed by atoms with E-state index in [0.717, 1.165) is 25.6 Å². The summed E-state index contributed by atoms with van der Waals surface area (Å²) in [5, 5.41) is 5.45. The molecule has 2 aliphatic heterocycles. The van der Waals surface area contributed by atoms with E-state index < -0.39 is 0 Å². The van der Waals surface area contributed by atoms with Crippen LogP contribution in [0, 0.1) is 0 Å². The fourth-order valence-corrected chi connectivity index (χ4v) is 4.18. The zero-order valence-corrected chi connectivity index (χ0v) is 11.7. The molecule has 102 valence electrons. The number of carbonyl (C=O) groups excluding carboxylic acids is 1. The topological polar surface area (TPSA) is 35.6 Å². The van der Waals surface area contributed by atoms with Crippen LogP contribution in [0.3, 0.4) is 0 Å². The van der Waals surface area contributed by atoms with Crippen molar-refractivity contribution in [2.45, 2.75) is 37.5 Å². The van der Waals surface area contributed by atoms with Gasteiger partial charge in [0.05, 0.1) is 6.54 Å². The molecule has 3 heterocycles. The Morgan fingerprint density at radius 3 is 2.89 bits per heavy atom. The van der Waals surface area contributed by atoms with Gasteiger partial charge < -0.3 is 4.90 Å². The monoisotopic (exact) mass is 277 g/mol. The molecule has 1 aromatic heterocycles. The molecule has 1 aliphatic carbocycles. The van der Waals surface area contributed by atoms with Crippen LogP contribution in [0.2, 0.25) is 0 Å². The summed E-state index contributed by atoms with van der Waals surface area (Å²) < 4.78 is 0. The van der Waals surface area contributed by atoms with Gasteiger partial charge in [-0.05, 0) is 30.7 Å². The number of rotatable bonds is 3. The third-order valence-electron chi connectivity index (χ3n) is 4.48. The molecule has 1 aromatic rings. The largest absolute Gasteiger partial charge is 0.317 e. The van der Waals surface area contributed by atoms with Gasteiger partial charge in [-0.15, -0.1) is 11.3 Å². The number of hydrogen-bond donors (Lipinski definition) is 1. The summed E-state index contributed by atoms with van der Waals surface area (Å²) in [6.07, 6.45) is 3.95. The van der Waals surface area contributed by atoms with Gasteiger partial charge in [-0.1, -0.05) is 6.07 Å². The van der Waals surface area contributed by atoms with Crippen molar-refractivity contribution in [1.82, 2.24) is 15.1 Å². The molecule has 0 spiro atoms. The maximum atomic E-state index is 12.2. The van der Waals surface area contributed by atoms with Crippen molar-refractivity contribution in [2.24, 2.45) is 0 Å². The van der Waals surface area contributed by atoms with Crippen molar-refractivity contribution in [3.63, 3.8) is 0 Å². The van der Waals surface area contributed by atoms with E-state index in [1.54, 1.807) is 11.3 Å². The number of carbonyl (C=O) groups is 1. The standard InChI is InChI=1S/C14H19N3OS/c18-13-8-15-14(12-2-1-7-19-12)17(13)11-5-6-16(9-11)10-3-4-10/h1-2,7,10-11,14-15H,3-6,8-9H2. The lowest BCUT2D eigenvalue weighted by Gasteiger charge is -2.29. The summed E-state index contributed by atoms with van der Waals surface area (Å²) in [6, 6.07) is 5.40. The Hall–Kier alpha value is -0.910. The lowest BCUT2D eigenvalue weighted by Crippen LogP contribution is -2.41. The number of nitrogens with zero attached hydrogens (tertiary/aromatic N) is 2. The minimum absolute atomic E-state index is 0.108. The fraction of sp³-hybridized carbons (Fsp3) is 0.643. The number of likely N-dealkylation sites (tertiary alicyclic amines) is 1. The van der Waals surface area contributed by atoms with Crippen molar-refractivity contribution in [2.75, 3.05) is 19.6 Å². The second-order valence-electron chi connectivity index (χ2n) is 5.77. The molecule has 0 bridgehead atoms. The molecule has 1 amide bonds. The third-order valence-corrected chi connectivity index (χ3v) is 5.40. The van der Waals surface area contributed by atoms with E-state index in [1.165, 1.54) is 17.7 Å². The highest BCUT2D eigenvalue weighted by Crippen LogP contribution is 2.35. The van der Waals surface area contributed by atoms with E-state index in [9.17, 15) is 4.79 Å². The van der Waals surface area contributed by atoms with Crippen LogP contribution in [-0.2, 0) is 4.79 Å². The van der Waals surface area contributed by atoms with Crippen molar-refractivity contribution in [1.29, 1.82) is 0 Å². The summed E-state index contributed by atoms with van der Waals surface area (Å²) in [4.78, 5) is 18.1. The van der Waals surface area contributed by atoms with E-state index in [2.05, 4.69) is 32.6 Å². The van der Waals surface area contributed by atoms with Crippen LogP contribution in [0.25, 0.3) is 0 Å². The summed E-state index contributed by atoms with van der Waals surface area (Å²) in [5.74, 6) is 0.265. The van der Waals surface area contributed by atoms with Crippen molar-refractivity contribution >= 4 is 17.2 Å². The van der Waals surface area contributed by atoms with Crippen LogP contribution in [0.15, 0.2) is 17.5 Å². The van der Waals surface area contributed by atoms with E-state index in [0.29, 0.717) is 12.6 Å². The normalized spacial score (nSPS) is 32.4. The molecule has 1 N–H and O–H groups in total. The maximum absolute atomic E-state index is 12.2. The molecule has 3 fully saturated rings. The van der Waals surface area contributed by atoms with Crippen LogP contribution >= 0.6 is 11.3 Å². The molecular formula is C14H19N3OS. The lowest BCUT2D eigenvalue weighted by molar-refractivity contribution is -0.130. The minimum Gasteiger partial charge on any atom is -0.317 e. The highest BCUT2D eigenvalue weighted by atomic mass is 32.1. The predicted molar refractivity (Wildman–Crippen MR) is 74.9 cm³/mol. The molecule has 5 heteroatoms. The molecule has 2 atom stereocenters. The van der Waals surface area contributed by atoms with Crippen molar-refractivity contribution in [3.05, 3.63) is 22.4 Å². The number of thiophene rings is 1. The first-order valence-electron chi connectivity index (χ1n) is 7.15. The van der Waals surface area contributed by atoms with Crippen LogP contribution in [0.1, 0.15) is 30.3 Å².